The van der Waals surface area contributed by atoms with Crippen molar-refractivity contribution in [2.75, 3.05) is 30.8 Å². The van der Waals surface area contributed by atoms with Gasteiger partial charge < -0.3 is 9.84 Å². The lowest BCUT2D eigenvalue weighted by atomic mass is 10.2. The summed E-state index contributed by atoms with van der Waals surface area (Å²) in [6.07, 6.45) is 5.03. The Morgan fingerprint density at radius 3 is 2.45 bits per heavy atom. The molecule has 0 aliphatic rings. The molecule has 1 aromatic rings. The van der Waals surface area contributed by atoms with Crippen LogP contribution in [0.1, 0.15) is 31.2 Å². The number of hydrogen-bond donors (Lipinski definition) is 2. The molecule has 0 spiro atoms. The number of aliphatic hydroxyl groups is 1. The number of hydrogen-bond acceptors (Lipinski definition) is 4. The number of rotatable bonds is 9. The molecule has 0 amide bonds. The van der Waals surface area contributed by atoms with Crippen LogP contribution in [-0.2, 0) is 14.8 Å². The van der Waals surface area contributed by atoms with Crippen LogP contribution in [0.25, 0.3) is 0 Å². The summed E-state index contributed by atoms with van der Waals surface area (Å²) in [4.78, 5) is 0. The third kappa shape index (κ3) is 9.40. The van der Waals surface area contributed by atoms with E-state index in [1.165, 1.54) is 0 Å². The first kappa shape index (κ1) is 18.5. The average molecular weight is 325 g/mol. The maximum Gasteiger partial charge on any atom is 0.229 e. The highest BCUT2D eigenvalue weighted by Crippen LogP contribution is 2.09. The maximum absolute atomic E-state index is 11.1. The van der Waals surface area contributed by atoms with Gasteiger partial charge >= 0.3 is 0 Å². The SMILES string of the molecule is CS(=O)(=O)Nc1ccc(C#CCOCCCCCCO)cc1. The molecule has 0 bridgehead atoms. The molecule has 122 valence electrons. The second-order valence-corrected chi connectivity index (χ2v) is 6.69. The van der Waals surface area contributed by atoms with E-state index in [9.17, 15) is 8.42 Å². The van der Waals surface area contributed by atoms with Gasteiger partial charge in [0.05, 0.1) is 6.26 Å². The van der Waals surface area contributed by atoms with Crippen LogP contribution in [0.3, 0.4) is 0 Å². The third-order valence-corrected chi connectivity index (χ3v) is 3.40. The van der Waals surface area contributed by atoms with E-state index in [1.807, 2.05) is 0 Å². The Labute approximate surface area is 132 Å². The fourth-order valence-corrected chi connectivity index (χ4v) is 2.33. The van der Waals surface area contributed by atoms with Crippen molar-refractivity contribution in [2.45, 2.75) is 25.7 Å². The van der Waals surface area contributed by atoms with Crippen LogP contribution >= 0.6 is 0 Å². The first-order chi connectivity index (χ1) is 10.5. The van der Waals surface area contributed by atoms with Gasteiger partial charge in [0.15, 0.2) is 0 Å². The van der Waals surface area contributed by atoms with Crippen molar-refractivity contribution in [3.63, 3.8) is 0 Å². The lowest BCUT2D eigenvalue weighted by Crippen LogP contribution is -2.09. The molecule has 0 aromatic heterocycles. The van der Waals surface area contributed by atoms with Crippen molar-refractivity contribution in [1.29, 1.82) is 0 Å². The predicted octanol–water partition coefficient (Wildman–Crippen LogP) is 1.98. The van der Waals surface area contributed by atoms with E-state index < -0.39 is 10.0 Å². The van der Waals surface area contributed by atoms with E-state index in [2.05, 4.69) is 16.6 Å². The lowest BCUT2D eigenvalue weighted by molar-refractivity contribution is 0.161. The van der Waals surface area contributed by atoms with Gasteiger partial charge in [0.25, 0.3) is 0 Å². The molecule has 0 aliphatic carbocycles. The van der Waals surface area contributed by atoms with Crippen LogP contribution in [0.2, 0.25) is 0 Å². The van der Waals surface area contributed by atoms with Crippen LogP contribution < -0.4 is 4.72 Å². The topological polar surface area (TPSA) is 75.6 Å². The minimum atomic E-state index is -3.25. The molecule has 2 N–H and O–H groups in total. The number of ether oxygens (including phenoxy) is 1. The van der Waals surface area contributed by atoms with Crippen LogP contribution in [0.5, 0.6) is 0 Å². The van der Waals surface area contributed by atoms with E-state index in [0.717, 1.165) is 37.5 Å². The molecule has 0 aliphatic heterocycles. The molecule has 0 fully saturated rings. The van der Waals surface area contributed by atoms with E-state index in [0.29, 0.717) is 18.9 Å². The van der Waals surface area contributed by atoms with Crippen LogP contribution in [0, 0.1) is 11.8 Å². The summed E-state index contributed by atoms with van der Waals surface area (Å²) in [6, 6.07) is 6.87. The molecule has 0 unspecified atom stereocenters. The van der Waals surface area contributed by atoms with Crippen molar-refractivity contribution >= 4 is 15.7 Å². The van der Waals surface area contributed by atoms with Gasteiger partial charge in [-0.3, -0.25) is 4.72 Å². The van der Waals surface area contributed by atoms with Crippen molar-refractivity contribution in [3.05, 3.63) is 29.8 Å². The molecular weight excluding hydrogens is 302 g/mol. The zero-order valence-corrected chi connectivity index (χ0v) is 13.7. The first-order valence-electron chi connectivity index (χ1n) is 7.26. The Morgan fingerprint density at radius 2 is 1.82 bits per heavy atom. The third-order valence-electron chi connectivity index (χ3n) is 2.79. The van der Waals surface area contributed by atoms with Gasteiger partial charge in [-0.1, -0.05) is 24.7 Å². The van der Waals surface area contributed by atoms with E-state index >= 15 is 0 Å². The Balaban J connectivity index is 2.24. The summed E-state index contributed by atoms with van der Waals surface area (Å²) in [5.41, 5.74) is 1.33. The van der Waals surface area contributed by atoms with Crippen molar-refractivity contribution in [1.82, 2.24) is 0 Å². The first-order valence-corrected chi connectivity index (χ1v) is 9.16. The fraction of sp³-hybridized carbons (Fsp3) is 0.500. The molecule has 1 rings (SSSR count). The maximum atomic E-state index is 11.1. The van der Waals surface area contributed by atoms with Gasteiger partial charge in [0.1, 0.15) is 6.61 Å². The van der Waals surface area contributed by atoms with Crippen LogP contribution in [0.15, 0.2) is 24.3 Å². The highest BCUT2D eigenvalue weighted by atomic mass is 32.2. The van der Waals surface area contributed by atoms with Gasteiger partial charge in [-0.05, 0) is 37.1 Å². The number of nitrogens with one attached hydrogen (secondary N) is 1. The fourth-order valence-electron chi connectivity index (χ4n) is 1.77. The monoisotopic (exact) mass is 325 g/mol. The highest BCUT2D eigenvalue weighted by molar-refractivity contribution is 7.92. The summed E-state index contributed by atoms with van der Waals surface area (Å²) in [5.74, 6) is 5.88. The highest BCUT2D eigenvalue weighted by Gasteiger charge is 2.00. The Kier molecular flexibility index (Phi) is 8.60. The quantitative estimate of drug-likeness (QED) is 0.538. The largest absolute Gasteiger partial charge is 0.396 e. The smallest absolute Gasteiger partial charge is 0.229 e. The molecule has 0 saturated heterocycles. The standard InChI is InChI=1S/C16H23NO4S/c1-22(19,20)17-16-10-8-15(9-11-16)7-6-14-21-13-5-3-2-4-12-18/h8-11,17-18H,2-5,12-14H2,1H3. The van der Waals surface area contributed by atoms with Crippen LogP contribution in [-0.4, -0.2) is 39.6 Å². The van der Waals surface area contributed by atoms with Crippen molar-refractivity contribution in [2.24, 2.45) is 0 Å². The number of anilines is 1. The van der Waals surface area contributed by atoms with Gasteiger partial charge in [-0.2, -0.15) is 0 Å². The number of sulfonamides is 1. The second-order valence-electron chi connectivity index (χ2n) is 4.94. The summed E-state index contributed by atoms with van der Waals surface area (Å²) >= 11 is 0. The number of benzene rings is 1. The number of aliphatic hydroxyl groups excluding tert-OH is 1. The molecule has 5 nitrogen and oxygen atoms in total. The Morgan fingerprint density at radius 1 is 1.14 bits per heavy atom. The molecule has 1 aromatic carbocycles. The van der Waals surface area contributed by atoms with Gasteiger partial charge in [-0.15, -0.1) is 0 Å². The van der Waals surface area contributed by atoms with Crippen LogP contribution in [0.4, 0.5) is 5.69 Å². The molecule has 22 heavy (non-hydrogen) atoms. The zero-order chi connectivity index (χ0) is 16.3. The van der Waals surface area contributed by atoms with Crippen molar-refractivity contribution in [3.8, 4) is 11.8 Å². The Hall–Kier alpha value is -1.55. The second kappa shape index (κ2) is 10.2. The summed E-state index contributed by atoms with van der Waals surface area (Å²) in [6.45, 7) is 1.31. The summed E-state index contributed by atoms with van der Waals surface area (Å²) in [7, 11) is -3.25. The van der Waals surface area contributed by atoms with Crippen molar-refractivity contribution < 1.29 is 18.3 Å². The number of unbranched alkanes of at least 4 members (excludes halogenated alkanes) is 3. The zero-order valence-electron chi connectivity index (χ0n) is 12.8. The van der Waals surface area contributed by atoms with Gasteiger partial charge in [-0.25, -0.2) is 8.42 Å². The van der Waals surface area contributed by atoms with E-state index in [-0.39, 0.29) is 6.61 Å². The molecular formula is C16H23NO4S. The minimum Gasteiger partial charge on any atom is -0.396 e. The molecule has 0 atom stereocenters. The van der Waals surface area contributed by atoms with Gasteiger partial charge in [0.2, 0.25) is 10.0 Å². The molecule has 0 saturated carbocycles. The minimum absolute atomic E-state index is 0.255. The summed E-state index contributed by atoms with van der Waals surface area (Å²) < 4.78 is 29.9. The predicted molar refractivity (Wildman–Crippen MR) is 88.2 cm³/mol. The van der Waals surface area contributed by atoms with Gasteiger partial charge in [0, 0.05) is 24.5 Å². The molecule has 0 radical (unpaired) electrons. The Bertz CT molecular complexity index is 585. The average Bonchev–Trinajstić information content (AvgIpc) is 2.46. The molecule has 6 heteroatoms. The van der Waals surface area contributed by atoms with E-state index in [4.69, 9.17) is 9.84 Å². The lowest BCUT2D eigenvalue weighted by Gasteiger charge is -2.02. The normalized spacial score (nSPS) is 10.8. The molecule has 0 heterocycles. The summed E-state index contributed by atoms with van der Waals surface area (Å²) in [5, 5.41) is 8.64. The van der Waals surface area contributed by atoms with E-state index in [1.54, 1.807) is 24.3 Å².